The van der Waals surface area contributed by atoms with E-state index in [1.54, 1.807) is 6.26 Å². The normalized spacial score (nSPS) is 18.2. The highest BCUT2D eigenvalue weighted by molar-refractivity contribution is 7.17. The van der Waals surface area contributed by atoms with E-state index in [0.717, 1.165) is 24.8 Å². The molecule has 0 aromatic carbocycles. The monoisotopic (exact) mass is 325 g/mol. The zero-order chi connectivity index (χ0) is 15.6. The van der Waals surface area contributed by atoms with Gasteiger partial charge in [-0.1, -0.05) is 12.2 Å². The minimum absolute atomic E-state index is 0.162. The van der Waals surface area contributed by atoms with Crippen molar-refractivity contribution in [3.05, 3.63) is 52.6 Å². The van der Waals surface area contributed by atoms with Gasteiger partial charge in [0, 0.05) is 17.2 Å². The molecule has 116 valence electrons. The summed E-state index contributed by atoms with van der Waals surface area (Å²) < 4.78 is 6.74. The first kappa shape index (κ1) is 14.1. The van der Waals surface area contributed by atoms with Crippen molar-refractivity contribution in [2.75, 3.05) is 0 Å². The Morgan fingerprint density at radius 2 is 2.39 bits per heavy atom. The predicted octanol–water partition coefficient (Wildman–Crippen LogP) is 3.91. The SMILES string of the molecule is O=c1c2c(-c3ccco3)csc2ncn1/N=C\[C@@H]1CC=CCC1. The molecule has 1 aliphatic rings. The molecule has 6 heteroatoms. The average molecular weight is 325 g/mol. The summed E-state index contributed by atoms with van der Waals surface area (Å²) in [5, 5.41) is 6.80. The van der Waals surface area contributed by atoms with Crippen LogP contribution in [0.1, 0.15) is 19.3 Å². The van der Waals surface area contributed by atoms with Gasteiger partial charge in [-0.3, -0.25) is 4.79 Å². The molecule has 0 bridgehead atoms. The summed E-state index contributed by atoms with van der Waals surface area (Å²) in [6.07, 6.45) is 12.4. The van der Waals surface area contributed by atoms with E-state index in [9.17, 15) is 4.79 Å². The first-order valence-electron chi connectivity index (χ1n) is 7.55. The lowest BCUT2D eigenvalue weighted by Gasteiger charge is -2.11. The van der Waals surface area contributed by atoms with Crippen molar-refractivity contribution in [1.29, 1.82) is 0 Å². The summed E-state index contributed by atoms with van der Waals surface area (Å²) >= 11 is 1.44. The molecule has 3 heterocycles. The maximum absolute atomic E-state index is 12.7. The number of aromatic nitrogens is 2. The van der Waals surface area contributed by atoms with E-state index in [-0.39, 0.29) is 5.56 Å². The van der Waals surface area contributed by atoms with Gasteiger partial charge in [-0.2, -0.15) is 9.78 Å². The summed E-state index contributed by atoms with van der Waals surface area (Å²) in [4.78, 5) is 17.8. The second-order valence-electron chi connectivity index (χ2n) is 5.51. The van der Waals surface area contributed by atoms with Crippen LogP contribution in [-0.4, -0.2) is 15.9 Å². The van der Waals surface area contributed by atoms with Crippen molar-refractivity contribution in [2.24, 2.45) is 11.0 Å². The van der Waals surface area contributed by atoms with Crippen LogP contribution in [0.3, 0.4) is 0 Å². The fraction of sp³-hybridized carbons (Fsp3) is 0.235. The van der Waals surface area contributed by atoms with E-state index in [1.807, 2.05) is 23.7 Å². The maximum Gasteiger partial charge on any atom is 0.283 e. The highest BCUT2D eigenvalue weighted by Crippen LogP contribution is 2.30. The molecule has 0 spiro atoms. The van der Waals surface area contributed by atoms with Gasteiger partial charge in [0.15, 0.2) is 0 Å². The van der Waals surface area contributed by atoms with E-state index in [2.05, 4.69) is 22.2 Å². The van der Waals surface area contributed by atoms with Crippen LogP contribution in [0.5, 0.6) is 0 Å². The standard InChI is InChI=1S/C17H15N3O2S/c21-17-15-13(14-7-4-8-22-14)10-23-16(15)18-11-20(17)19-9-12-5-2-1-3-6-12/h1-2,4,7-12H,3,5-6H2/b19-9-/t12-/m1/s1. The smallest absolute Gasteiger partial charge is 0.283 e. The topological polar surface area (TPSA) is 60.4 Å². The van der Waals surface area contributed by atoms with Crippen LogP contribution in [0.4, 0.5) is 0 Å². The van der Waals surface area contributed by atoms with Gasteiger partial charge in [0.25, 0.3) is 5.56 Å². The van der Waals surface area contributed by atoms with E-state index in [4.69, 9.17) is 4.42 Å². The van der Waals surface area contributed by atoms with Gasteiger partial charge in [0.1, 0.15) is 16.9 Å². The molecule has 5 nitrogen and oxygen atoms in total. The number of rotatable bonds is 3. The number of hydrogen-bond acceptors (Lipinski definition) is 5. The second-order valence-corrected chi connectivity index (χ2v) is 6.37. The third kappa shape index (κ3) is 2.66. The average Bonchev–Trinajstić information content (AvgIpc) is 3.24. The molecule has 0 radical (unpaired) electrons. The Hall–Kier alpha value is -2.47. The lowest BCUT2D eigenvalue weighted by atomic mass is 9.96. The van der Waals surface area contributed by atoms with Gasteiger partial charge in [-0.05, 0) is 37.3 Å². The van der Waals surface area contributed by atoms with Crippen molar-refractivity contribution in [3.63, 3.8) is 0 Å². The van der Waals surface area contributed by atoms with Crippen molar-refractivity contribution in [1.82, 2.24) is 9.66 Å². The van der Waals surface area contributed by atoms with Gasteiger partial charge in [-0.15, -0.1) is 11.3 Å². The van der Waals surface area contributed by atoms with Crippen LogP contribution in [0, 0.1) is 5.92 Å². The summed E-state index contributed by atoms with van der Waals surface area (Å²) in [6, 6.07) is 3.65. The molecule has 0 saturated heterocycles. The number of thiophene rings is 1. The minimum atomic E-state index is -0.162. The van der Waals surface area contributed by atoms with Crippen molar-refractivity contribution >= 4 is 27.8 Å². The Balaban J connectivity index is 1.75. The Morgan fingerprint density at radius 1 is 1.43 bits per heavy atom. The molecule has 0 N–H and O–H groups in total. The molecule has 4 rings (SSSR count). The zero-order valence-corrected chi connectivity index (χ0v) is 13.2. The molecule has 0 fully saturated rings. The quantitative estimate of drug-likeness (QED) is 0.542. The van der Waals surface area contributed by atoms with Crippen LogP contribution < -0.4 is 5.56 Å². The Kier molecular flexibility index (Phi) is 3.67. The Morgan fingerprint density at radius 3 is 3.17 bits per heavy atom. The van der Waals surface area contributed by atoms with Crippen LogP contribution >= 0.6 is 11.3 Å². The highest BCUT2D eigenvalue weighted by Gasteiger charge is 2.15. The molecule has 1 atom stereocenters. The number of furan rings is 1. The largest absolute Gasteiger partial charge is 0.464 e. The number of nitrogens with zero attached hydrogens (tertiary/aromatic N) is 3. The Labute approximate surface area is 136 Å². The lowest BCUT2D eigenvalue weighted by Crippen LogP contribution is -2.17. The fourth-order valence-corrected chi connectivity index (χ4v) is 3.62. The minimum Gasteiger partial charge on any atom is -0.464 e. The van der Waals surface area contributed by atoms with Crippen molar-refractivity contribution < 1.29 is 4.42 Å². The molecule has 1 aliphatic carbocycles. The van der Waals surface area contributed by atoms with Crippen molar-refractivity contribution in [3.8, 4) is 11.3 Å². The molecule has 3 aromatic heterocycles. The molecule has 0 aliphatic heterocycles. The molecule has 3 aromatic rings. The zero-order valence-electron chi connectivity index (χ0n) is 12.4. The summed E-state index contributed by atoms with van der Waals surface area (Å²) in [7, 11) is 0. The molecular formula is C17H15N3O2S. The molecule has 23 heavy (non-hydrogen) atoms. The predicted molar refractivity (Wildman–Crippen MR) is 92.0 cm³/mol. The van der Waals surface area contributed by atoms with Gasteiger partial charge in [0.2, 0.25) is 0 Å². The van der Waals surface area contributed by atoms with E-state index < -0.39 is 0 Å². The molecule has 0 saturated carbocycles. The third-order valence-corrected chi connectivity index (χ3v) is 4.86. The first-order valence-corrected chi connectivity index (χ1v) is 8.43. The van der Waals surface area contributed by atoms with Gasteiger partial charge in [-0.25, -0.2) is 4.98 Å². The van der Waals surface area contributed by atoms with E-state index >= 15 is 0 Å². The van der Waals surface area contributed by atoms with Gasteiger partial charge in [0.05, 0.1) is 11.6 Å². The number of hydrogen-bond donors (Lipinski definition) is 0. The molecule has 0 unspecified atom stereocenters. The van der Waals surface area contributed by atoms with Crippen LogP contribution in [-0.2, 0) is 0 Å². The highest BCUT2D eigenvalue weighted by atomic mass is 32.1. The second kappa shape index (κ2) is 5.96. The number of allylic oxidation sites excluding steroid dienone is 2. The number of fused-ring (bicyclic) bond motifs is 1. The third-order valence-electron chi connectivity index (χ3n) is 3.98. The Bertz CT molecular complexity index is 935. The summed E-state index contributed by atoms with van der Waals surface area (Å²) in [5.41, 5.74) is 0.614. The lowest BCUT2D eigenvalue weighted by molar-refractivity contribution is 0.583. The molecular weight excluding hydrogens is 310 g/mol. The fourth-order valence-electron chi connectivity index (χ4n) is 2.74. The van der Waals surface area contributed by atoms with Gasteiger partial charge < -0.3 is 4.42 Å². The molecule has 0 amide bonds. The van der Waals surface area contributed by atoms with Gasteiger partial charge >= 0.3 is 0 Å². The maximum atomic E-state index is 12.7. The van der Waals surface area contributed by atoms with E-state index in [1.165, 1.54) is 22.3 Å². The van der Waals surface area contributed by atoms with Crippen molar-refractivity contribution in [2.45, 2.75) is 19.3 Å². The summed E-state index contributed by atoms with van der Waals surface area (Å²) in [5.74, 6) is 1.06. The first-order chi connectivity index (χ1) is 11.3. The van der Waals surface area contributed by atoms with Crippen LogP contribution in [0.2, 0.25) is 0 Å². The van der Waals surface area contributed by atoms with E-state index in [0.29, 0.717) is 21.9 Å². The summed E-state index contributed by atoms with van der Waals surface area (Å²) in [6.45, 7) is 0. The van der Waals surface area contributed by atoms with Crippen LogP contribution in [0.25, 0.3) is 21.5 Å². The van der Waals surface area contributed by atoms with Crippen LogP contribution in [0.15, 0.2) is 56.6 Å².